The number of rotatable bonds is 6. The van der Waals surface area contributed by atoms with Gasteiger partial charge in [-0.1, -0.05) is 19.3 Å². The maximum Gasteiger partial charge on any atom is 0.306 e. The lowest BCUT2D eigenvalue weighted by Gasteiger charge is -2.29. The number of carboxylic acid groups (broad SMARTS) is 1. The summed E-state index contributed by atoms with van der Waals surface area (Å²) in [6.07, 6.45) is 9.31. The number of carboxylic acids is 1. The molecule has 2 rings (SSSR count). The fraction of sp³-hybridized carbons (Fsp3) is 0.933. The van der Waals surface area contributed by atoms with Crippen LogP contribution in [0.5, 0.6) is 0 Å². The lowest BCUT2D eigenvalue weighted by molar-refractivity contribution is -0.143. The molecule has 2 fully saturated rings. The van der Waals surface area contributed by atoms with Crippen LogP contribution in [0.15, 0.2) is 0 Å². The van der Waals surface area contributed by atoms with Gasteiger partial charge < -0.3 is 15.3 Å². The molecule has 0 saturated heterocycles. The summed E-state index contributed by atoms with van der Waals surface area (Å²) in [5, 5.41) is 12.6. The Morgan fingerprint density at radius 3 is 2.63 bits per heavy atom. The van der Waals surface area contributed by atoms with Crippen LogP contribution in [0.4, 0.5) is 0 Å². The molecule has 0 bridgehead atoms. The molecule has 4 nitrogen and oxygen atoms in total. The molecule has 2 N–H and O–H groups in total. The van der Waals surface area contributed by atoms with Crippen molar-refractivity contribution in [3.63, 3.8) is 0 Å². The molecule has 110 valence electrons. The molecule has 0 aliphatic heterocycles. The van der Waals surface area contributed by atoms with Gasteiger partial charge in [-0.15, -0.1) is 0 Å². The summed E-state index contributed by atoms with van der Waals surface area (Å²) in [4.78, 5) is 13.5. The summed E-state index contributed by atoms with van der Waals surface area (Å²) in [6.45, 7) is 2.07. The van der Waals surface area contributed by atoms with E-state index in [9.17, 15) is 4.79 Å². The molecule has 0 amide bonds. The fourth-order valence-corrected chi connectivity index (χ4v) is 3.57. The first kappa shape index (κ1) is 14.8. The Labute approximate surface area is 116 Å². The average Bonchev–Trinajstić information content (AvgIpc) is 2.93. The van der Waals surface area contributed by atoms with Crippen molar-refractivity contribution in [1.29, 1.82) is 0 Å². The Morgan fingerprint density at radius 2 is 1.95 bits per heavy atom. The number of hydrogen-bond acceptors (Lipinski definition) is 3. The highest BCUT2D eigenvalue weighted by Crippen LogP contribution is 2.24. The highest BCUT2D eigenvalue weighted by molar-refractivity contribution is 5.70. The van der Waals surface area contributed by atoms with E-state index in [0.29, 0.717) is 6.04 Å². The van der Waals surface area contributed by atoms with Crippen LogP contribution in [-0.4, -0.2) is 48.2 Å². The number of hydrogen-bond donors (Lipinski definition) is 2. The molecule has 0 radical (unpaired) electrons. The van der Waals surface area contributed by atoms with Gasteiger partial charge in [0.25, 0.3) is 0 Å². The van der Waals surface area contributed by atoms with Crippen molar-refractivity contribution in [3.8, 4) is 0 Å². The third kappa shape index (κ3) is 4.46. The van der Waals surface area contributed by atoms with Crippen LogP contribution in [-0.2, 0) is 4.79 Å². The second-order valence-electron chi connectivity index (χ2n) is 6.27. The molecular weight excluding hydrogens is 240 g/mol. The zero-order chi connectivity index (χ0) is 13.7. The van der Waals surface area contributed by atoms with Crippen molar-refractivity contribution in [2.45, 2.75) is 63.5 Å². The van der Waals surface area contributed by atoms with E-state index in [1.807, 2.05) is 0 Å². The Morgan fingerprint density at radius 1 is 1.21 bits per heavy atom. The third-order valence-corrected chi connectivity index (χ3v) is 4.87. The van der Waals surface area contributed by atoms with Crippen LogP contribution >= 0.6 is 0 Å². The topological polar surface area (TPSA) is 52.6 Å². The third-order valence-electron chi connectivity index (χ3n) is 4.87. The molecule has 2 saturated carbocycles. The monoisotopic (exact) mass is 268 g/mol. The zero-order valence-corrected chi connectivity index (χ0v) is 12.1. The van der Waals surface area contributed by atoms with Gasteiger partial charge in [0.05, 0.1) is 5.92 Å². The second-order valence-corrected chi connectivity index (χ2v) is 6.27. The largest absolute Gasteiger partial charge is 0.481 e. The standard InChI is InChI=1S/C15H28N2O2/c1-17(14-7-2-3-8-14)10-9-16-13-6-4-5-12(11-13)15(18)19/h12-14,16H,2-11H2,1H3,(H,18,19). The normalized spacial score (nSPS) is 28.9. The van der Waals surface area contributed by atoms with E-state index < -0.39 is 5.97 Å². The van der Waals surface area contributed by atoms with Crippen molar-refractivity contribution < 1.29 is 9.90 Å². The van der Waals surface area contributed by atoms with Crippen LogP contribution in [0.25, 0.3) is 0 Å². The minimum atomic E-state index is -0.616. The van der Waals surface area contributed by atoms with E-state index in [-0.39, 0.29) is 5.92 Å². The Kier molecular flexibility index (Phi) is 5.64. The summed E-state index contributed by atoms with van der Waals surface area (Å²) in [7, 11) is 2.22. The predicted octanol–water partition coefficient (Wildman–Crippen LogP) is 2.09. The number of carbonyl (C=O) groups is 1. The molecule has 0 heterocycles. The first-order chi connectivity index (χ1) is 9.16. The lowest BCUT2D eigenvalue weighted by Crippen LogP contribution is -2.41. The summed E-state index contributed by atoms with van der Waals surface area (Å²) in [5.74, 6) is -0.742. The van der Waals surface area contributed by atoms with Gasteiger partial charge in [-0.2, -0.15) is 0 Å². The van der Waals surface area contributed by atoms with Crippen LogP contribution in [0.3, 0.4) is 0 Å². The highest BCUT2D eigenvalue weighted by atomic mass is 16.4. The van der Waals surface area contributed by atoms with Gasteiger partial charge in [0.15, 0.2) is 0 Å². The van der Waals surface area contributed by atoms with E-state index >= 15 is 0 Å². The molecule has 19 heavy (non-hydrogen) atoms. The van der Waals surface area contributed by atoms with Gasteiger partial charge in [-0.25, -0.2) is 0 Å². The first-order valence-electron chi connectivity index (χ1n) is 7.83. The van der Waals surface area contributed by atoms with Crippen molar-refractivity contribution in [2.24, 2.45) is 5.92 Å². The molecule has 2 aliphatic rings. The number of likely N-dealkylation sites (N-methyl/N-ethyl adjacent to an activating group) is 1. The number of aliphatic carboxylic acids is 1. The van der Waals surface area contributed by atoms with Gasteiger partial charge >= 0.3 is 5.97 Å². The van der Waals surface area contributed by atoms with Crippen LogP contribution in [0.2, 0.25) is 0 Å². The minimum Gasteiger partial charge on any atom is -0.481 e. The smallest absolute Gasteiger partial charge is 0.306 e. The lowest BCUT2D eigenvalue weighted by atomic mass is 9.86. The molecule has 4 heteroatoms. The average molecular weight is 268 g/mol. The van der Waals surface area contributed by atoms with Gasteiger partial charge in [0, 0.05) is 25.2 Å². The molecule has 0 aromatic carbocycles. The van der Waals surface area contributed by atoms with E-state index in [1.165, 1.54) is 25.7 Å². The highest BCUT2D eigenvalue weighted by Gasteiger charge is 2.26. The summed E-state index contributed by atoms with van der Waals surface area (Å²) >= 11 is 0. The predicted molar refractivity (Wildman–Crippen MR) is 76.3 cm³/mol. The Bertz CT molecular complexity index is 290. The summed E-state index contributed by atoms with van der Waals surface area (Å²) < 4.78 is 0. The molecular formula is C15H28N2O2. The fourth-order valence-electron chi connectivity index (χ4n) is 3.57. The second kappa shape index (κ2) is 7.25. The van der Waals surface area contributed by atoms with Crippen molar-refractivity contribution in [3.05, 3.63) is 0 Å². The van der Waals surface area contributed by atoms with Crippen LogP contribution in [0.1, 0.15) is 51.4 Å². The summed E-state index contributed by atoms with van der Waals surface area (Å²) in [6, 6.07) is 1.19. The Hall–Kier alpha value is -0.610. The first-order valence-corrected chi connectivity index (χ1v) is 7.83. The van der Waals surface area contributed by atoms with Gasteiger partial charge in [-0.3, -0.25) is 4.79 Å². The van der Waals surface area contributed by atoms with Gasteiger partial charge in [0.1, 0.15) is 0 Å². The van der Waals surface area contributed by atoms with Crippen molar-refractivity contribution in [1.82, 2.24) is 10.2 Å². The maximum atomic E-state index is 11.0. The molecule has 0 aromatic rings. The summed E-state index contributed by atoms with van der Waals surface area (Å²) in [5.41, 5.74) is 0. The van der Waals surface area contributed by atoms with Crippen molar-refractivity contribution in [2.75, 3.05) is 20.1 Å². The Balaban J connectivity index is 1.63. The number of nitrogens with one attached hydrogen (secondary N) is 1. The molecule has 0 spiro atoms. The van der Waals surface area contributed by atoms with E-state index in [4.69, 9.17) is 5.11 Å². The minimum absolute atomic E-state index is 0.126. The van der Waals surface area contributed by atoms with E-state index in [2.05, 4.69) is 17.3 Å². The molecule has 2 unspecified atom stereocenters. The van der Waals surface area contributed by atoms with E-state index in [1.54, 1.807) is 0 Å². The van der Waals surface area contributed by atoms with Gasteiger partial charge in [0.2, 0.25) is 0 Å². The zero-order valence-electron chi connectivity index (χ0n) is 12.1. The van der Waals surface area contributed by atoms with Crippen LogP contribution < -0.4 is 5.32 Å². The SMILES string of the molecule is CN(CCNC1CCCC(C(=O)O)C1)C1CCCC1. The maximum absolute atomic E-state index is 11.0. The molecule has 2 atom stereocenters. The van der Waals surface area contributed by atoms with Gasteiger partial charge in [-0.05, 0) is 39.2 Å². The number of nitrogens with zero attached hydrogens (tertiary/aromatic N) is 1. The quantitative estimate of drug-likeness (QED) is 0.774. The molecule has 2 aliphatic carbocycles. The molecule has 0 aromatic heterocycles. The van der Waals surface area contributed by atoms with Crippen molar-refractivity contribution >= 4 is 5.97 Å². The van der Waals surface area contributed by atoms with E-state index in [0.717, 1.165) is 44.8 Å². The van der Waals surface area contributed by atoms with Crippen LogP contribution in [0, 0.1) is 5.92 Å².